The van der Waals surface area contributed by atoms with E-state index in [0.29, 0.717) is 19.1 Å². The zero-order valence-electron chi connectivity index (χ0n) is 10.5. The van der Waals surface area contributed by atoms with Crippen molar-refractivity contribution >= 4 is 5.97 Å². The zero-order chi connectivity index (χ0) is 12.8. The van der Waals surface area contributed by atoms with Crippen molar-refractivity contribution in [3.05, 3.63) is 11.9 Å². The molecule has 0 bridgehead atoms. The number of carboxylic acid groups (broad SMARTS) is 1. The topological polar surface area (TPSA) is 77.2 Å². The van der Waals surface area contributed by atoms with Gasteiger partial charge in [-0.1, -0.05) is 19.1 Å². The molecule has 0 aliphatic rings. The average Bonchev–Trinajstić information content (AvgIpc) is 2.65. The highest BCUT2D eigenvalue weighted by Crippen LogP contribution is 2.07. The molecule has 1 atom stereocenters. The molecular weight excluding hydrogens is 222 g/mol. The van der Waals surface area contributed by atoms with Gasteiger partial charge in [-0.2, -0.15) is 0 Å². The van der Waals surface area contributed by atoms with Crippen molar-refractivity contribution in [1.82, 2.24) is 15.0 Å². The minimum atomic E-state index is -1.06. The first-order valence-electron chi connectivity index (χ1n) is 5.74. The highest BCUT2D eigenvalue weighted by Gasteiger charge is 2.09. The van der Waals surface area contributed by atoms with Gasteiger partial charge in [-0.05, 0) is 19.3 Å². The third kappa shape index (κ3) is 4.95. The Morgan fingerprint density at radius 2 is 2.24 bits per heavy atom. The molecule has 6 heteroatoms. The molecule has 1 N–H and O–H groups in total. The number of ether oxygens (including phenoxy) is 1. The molecule has 0 radical (unpaired) electrons. The molecular formula is C11H19N3O3. The molecule has 96 valence electrons. The second kappa shape index (κ2) is 6.34. The van der Waals surface area contributed by atoms with Crippen molar-refractivity contribution in [3.8, 4) is 0 Å². The Hall–Kier alpha value is -1.43. The summed E-state index contributed by atoms with van der Waals surface area (Å²) in [6.07, 6.45) is 2.62. The summed E-state index contributed by atoms with van der Waals surface area (Å²) in [6, 6.07) is 0. The van der Waals surface area contributed by atoms with Crippen LogP contribution < -0.4 is 0 Å². The SMILES string of the molecule is CC(C)CC(C)OCCn1cc(C(=O)O)nn1. The first-order chi connectivity index (χ1) is 7.99. The van der Waals surface area contributed by atoms with Crippen LogP contribution in [-0.4, -0.2) is 38.8 Å². The highest BCUT2D eigenvalue weighted by molar-refractivity contribution is 5.84. The van der Waals surface area contributed by atoms with Crippen LogP contribution in [0.2, 0.25) is 0 Å². The van der Waals surface area contributed by atoms with Gasteiger partial charge < -0.3 is 9.84 Å². The van der Waals surface area contributed by atoms with Gasteiger partial charge in [0.25, 0.3) is 0 Å². The van der Waals surface area contributed by atoms with Crippen molar-refractivity contribution < 1.29 is 14.6 Å². The van der Waals surface area contributed by atoms with Crippen LogP contribution in [0.15, 0.2) is 6.20 Å². The van der Waals surface area contributed by atoms with E-state index >= 15 is 0 Å². The first kappa shape index (κ1) is 13.6. The Kier molecular flexibility index (Phi) is 5.09. The quantitative estimate of drug-likeness (QED) is 0.781. The lowest BCUT2D eigenvalue weighted by atomic mass is 10.1. The first-order valence-corrected chi connectivity index (χ1v) is 5.74. The van der Waals surface area contributed by atoms with Gasteiger partial charge in [-0.25, -0.2) is 9.48 Å². The molecule has 1 aromatic heterocycles. The van der Waals surface area contributed by atoms with E-state index in [4.69, 9.17) is 9.84 Å². The molecule has 1 aromatic rings. The van der Waals surface area contributed by atoms with Gasteiger partial charge in [0.2, 0.25) is 0 Å². The number of hydrogen-bond donors (Lipinski definition) is 1. The lowest BCUT2D eigenvalue weighted by molar-refractivity contribution is 0.0452. The molecule has 0 spiro atoms. The Labute approximate surface area is 101 Å². The van der Waals surface area contributed by atoms with Crippen molar-refractivity contribution in [2.24, 2.45) is 5.92 Å². The van der Waals surface area contributed by atoms with E-state index in [9.17, 15) is 4.79 Å². The summed E-state index contributed by atoms with van der Waals surface area (Å²) in [5.41, 5.74) is -0.0415. The maximum atomic E-state index is 10.6. The monoisotopic (exact) mass is 241 g/mol. The van der Waals surface area contributed by atoms with Crippen LogP contribution in [-0.2, 0) is 11.3 Å². The number of rotatable bonds is 7. The minimum Gasteiger partial charge on any atom is -0.476 e. The van der Waals surface area contributed by atoms with Gasteiger partial charge in [0.1, 0.15) is 0 Å². The smallest absolute Gasteiger partial charge is 0.358 e. The van der Waals surface area contributed by atoms with Crippen molar-refractivity contribution in [2.75, 3.05) is 6.61 Å². The maximum absolute atomic E-state index is 10.6. The normalized spacial score (nSPS) is 12.9. The molecule has 0 aliphatic heterocycles. The van der Waals surface area contributed by atoms with Gasteiger partial charge in [-0.15, -0.1) is 5.10 Å². The summed E-state index contributed by atoms with van der Waals surface area (Å²) in [7, 11) is 0. The molecule has 0 aromatic carbocycles. The van der Waals surface area contributed by atoms with Gasteiger partial charge in [0.15, 0.2) is 5.69 Å². The van der Waals surface area contributed by atoms with Crippen LogP contribution in [0, 0.1) is 5.92 Å². The molecule has 1 heterocycles. The fourth-order valence-electron chi connectivity index (χ4n) is 1.58. The number of aromatic nitrogens is 3. The summed E-state index contributed by atoms with van der Waals surface area (Å²) in [6.45, 7) is 7.36. The third-order valence-electron chi connectivity index (χ3n) is 2.28. The van der Waals surface area contributed by atoms with Crippen LogP contribution in [0.1, 0.15) is 37.7 Å². The number of carboxylic acids is 1. The summed E-state index contributed by atoms with van der Waals surface area (Å²) >= 11 is 0. The highest BCUT2D eigenvalue weighted by atomic mass is 16.5. The summed E-state index contributed by atoms with van der Waals surface area (Å²) in [5.74, 6) is -0.458. The van der Waals surface area contributed by atoms with Gasteiger partial charge in [-0.3, -0.25) is 0 Å². The molecule has 0 fully saturated rings. The van der Waals surface area contributed by atoms with Gasteiger partial charge in [0.05, 0.1) is 25.5 Å². The van der Waals surface area contributed by atoms with Crippen LogP contribution in [0.3, 0.4) is 0 Å². The van der Waals surface area contributed by atoms with E-state index in [1.807, 2.05) is 6.92 Å². The maximum Gasteiger partial charge on any atom is 0.358 e. The van der Waals surface area contributed by atoms with E-state index in [0.717, 1.165) is 6.42 Å². The van der Waals surface area contributed by atoms with Crippen molar-refractivity contribution in [1.29, 1.82) is 0 Å². The van der Waals surface area contributed by atoms with Gasteiger partial charge >= 0.3 is 5.97 Å². The van der Waals surface area contributed by atoms with E-state index in [1.54, 1.807) is 0 Å². The molecule has 0 saturated heterocycles. The van der Waals surface area contributed by atoms with Gasteiger partial charge in [0, 0.05) is 0 Å². The zero-order valence-corrected chi connectivity index (χ0v) is 10.5. The van der Waals surface area contributed by atoms with Crippen LogP contribution in [0.25, 0.3) is 0 Å². The number of hydrogen-bond acceptors (Lipinski definition) is 4. The molecule has 17 heavy (non-hydrogen) atoms. The molecule has 0 aliphatic carbocycles. The standard InChI is InChI=1S/C11H19N3O3/c1-8(2)6-9(3)17-5-4-14-7-10(11(15)16)12-13-14/h7-9H,4-6H2,1-3H3,(H,15,16). The minimum absolute atomic E-state index is 0.0415. The third-order valence-corrected chi connectivity index (χ3v) is 2.28. The summed E-state index contributed by atoms with van der Waals surface area (Å²) in [5, 5.41) is 15.9. The predicted molar refractivity (Wildman–Crippen MR) is 61.9 cm³/mol. The van der Waals surface area contributed by atoms with Crippen molar-refractivity contribution in [2.45, 2.75) is 39.8 Å². The fraction of sp³-hybridized carbons (Fsp3) is 0.727. The van der Waals surface area contributed by atoms with E-state index in [2.05, 4.69) is 24.2 Å². The van der Waals surface area contributed by atoms with E-state index in [1.165, 1.54) is 10.9 Å². The van der Waals surface area contributed by atoms with Crippen molar-refractivity contribution in [3.63, 3.8) is 0 Å². The molecule has 6 nitrogen and oxygen atoms in total. The lowest BCUT2D eigenvalue weighted by Gasteiger charge is -2.14. The average molecular weight is 241 g/mol. The number of carbonyl (C=O) groups is 1. The molecule has 0 amide bonds. The Morgan fingerprint density at radius 3 is 2.76 bits per heavy atom. The molecule has 1 rings (SSSR count). The Morgan fingerprint density at radius 1 is 1.53 bits per heavy atom. The molecule has 1 unspecified atom stereocenters. The van der Waals surface area contributed by atoms with Crippen LogP contribution in [0.4, 0.5) is 0 Å². The Bertz CT molecular complexity index is 363. The predicted octanol–water partition coefficient (Wildman–Crippen LogP) is 1.43. The largest absolute Gasteiger partial charge is 0.476 e. The summed E-state index contributed by atoms with van der Waals surface area (Å²) in [4.78, 5) is 10.6. The lowest BCUT2D eigenvalue weighted by Crippen LogP contribution is -2.15. The van der Waals surface area contributed by atoms with E-state index in [-0.39, 0.29) is 11.8 Å². The molecule has 0 saturated carbocycles. The summed E-state index contributed by atoms with van der Waals surface area (Å²) < 4.78 is 7.07. The van der Waals surface area contributed by atoms with Crippen LogP contribution >= 0.6 is 0 Å². The second-order valence-corrected chi connectivity index (χ2v) is 4.48. The number of nitrogens with zero attached hydrogens (tertiary/aromatic N) is 3. The Balaban J connectivity index is 2.28. The number of aromatic carboxylic acids is 1. The second-order valence-electron chi connectivity index (χ2n) is 4.48. The van der Waals surface area contributed by atoms with E-state index < -0.39 is 5.97 Å². The van der Waals surface area contributed by atoms with Crippen LogP contribution in [0.5, 0.6) is 0 Å². The fourth-order valence-corrected chi connectivity index (χ4v) is 1.58.